The summed E-state index contributed by atoms with van der Waals surface area (Å²) < 4.78 is 7.18. The summed E-state index contributed by atoms with van der Waals surface area (Å²) >= 11 is 0. The van der Waals surface area contributed by atoms with Crippen LogP contribution < -0.4 is 10.1 Å². The molecule has 1 amide bonds. The van der Waals surface area contributed by atoms with Crippen LogP contribution in [0.5, 0.6) is 5.75 Å². The summed E-state index contributed by atoms with van der Waals surface area (Å²) in [5.41, 5.74) is 4.17. The second-order valence-electron chi connectivity index (χ2n) is 7.41. The zero-order chi connectivity index (χ0) is 21.3. The van der Waals surface area contributed by atoms with E-state index in [-0.39, 0.29) is 18.1 Å². The van der Waals surface area contributed by atoms with E-state index in [2.05, 4.69) is 17.3 Å². The first-order valence-corrected chi connectivity index (χ1v) is 10.3. The first-order valence-electron chi connectivity index (χ1n) is 10.3. The molecule has 6 nitrogen and oxygen atoms in total. The number of hydrogen-bond acceptors (Lipinski definition) is 4. The van der Waals surface area contributed by atoms with Gasteiger partial charge in [0.1, 0.15) is 11.6 Å². The normalized spacial score (nSPS) is 15.4. The summed E-state index contributed by atoms with van der Waals surface area (Å²) in [7, 11) is 0. The van der Waals surface area contributed by atoms with Crippen LogP contribution in [0.25, 0.3) is 5.69 Å². The van der Waals surface area contributed by atoms with Gasteiger partial charge in [-0.25, -0.2) is 4.68 Å². The SMILES string of the molecule is CCOc1ccc(C(=O)[C@H]2CC(=O)Nc3c2c(C)nn3-c2ccc(CC)cc2)cc1. The van der Waals surface area contributed by atoms with Crippen LogP contribution >= 0.6 is 0 Å². The lowest BCUT2D eigenvalue weighted by molar-refractivity contribution is -0.116. The molecule has 1 N–H and O–H groups in total. The molecule has 30 heavy (non-hydrogen) atoms. The molecule has 0 bridgehead atoms. The average molecular weight is 403 g/mol. The van der Waals surface area contributed by atoms with Gasteiger partial charge in [0.2, 0.25) is 5.91 Å². The molecule has 0 saturated heterocycles. The van der Waals surface area contributed by atoms with Gasteiger partial charge in [-0.05, 0) is 62.2 Å². The summed E-state index contributed by atoms with van der Waals surface area (Å²) in [5.74, 6) is 0.472. The zero-order valence-electron chi connectivity index (χ0n) is 17.4. The van der Waals surface area contributed by atoms with Crippen LogP contribution in [0.15, 0.2) is 48.5 Å². The van der Waals surface area contributed by atoms with Gasteiger partial charge < -0.3 is 10.1 Å². The van der Waals surface area contributed by atoms with E-state index in [9.17, 15) is 9.59 Å². The molecule has 1 aromatic heterocycles. The maximum absolute atomic E-state index is 13.3. The molecule has 1 atom stereocenters. The molecule has 0 aliphatic carbocycles. The number of carbonyl (C=O) groups excluding carboxylic acids is 2. The topological polar surface area (TPSA) is 73.2 Å². The summed E-state index contributed by atoms with van der Waals surface area (Å²) in [6.07, 6.45) is 1.06. The van der Waals surface area contributed by atoms with Gasteiger partial charge in [0.05, 0.1) is 23.9 Å². The molecule has 1 aliphatic rings. The monoisotopic (exact) mass is 403 g/mol. The highest BCUT2D eigenvalue weighted by Gasteiger charge is 2.36. The number of hydrogen-bond donors (Lipinski definition) is 1. The maximum Gasteiger partial charge on any atom is 0.226 e. The van der Waals surface area contributed by atoms with Gasteiger partial charge in [-0.2, -0.15) is 5.10 Å². The Morgan fingerprint density at radius 3 is 2.47 bits per heavy atom. The van der Waals surface area contributed by atoms with Gasteiger partial charge in [0.15, 0.2) is 5.78 Å². The van der Waals surface area contributed by atoms with Crippen LogP contribution in [-0.4, -0.2) is 28.1 Å². The minimum Gasteiger partial charge on any atom is -0.494 e. The quantitative estimate of drug-likeness (QED) is 0.617. The second-order valence-corrected chi connectivity index (χ2v) is 7.41. The number of aryl methyl sites for hydroxylation is 2. The standard InChI is InChI=1S/C24H25N3O3/c1-4-16-6-10-18(11-7-16)27-24-22(15(3)26-27)20(14-21(28)25-24)23(29)17-8-12-19(13-9-17)30-5-2/h6-13,20H,4-5,14H2,1-3H3,(H,25,28)/t20-/m0/s1. The number of ether oxygens (including phenoxy) is 1. The van der Waals surface area contributed by atoms with E-state index in [0.29, 0.717) is 18.0 Å². The van der Waals surface area contributed by atoms with Crippen molar-refractivity contribution in [3.63, 3.8) is 0 Å². The highest BCUT2D eigenvalue weighted by Crippen LogP contribution is 2.38. The first-order chi connectivity index (χ1) is 14.5. The third kappa shape index (κ3) is 3.61. The van der Waals surface area contributed by atoms with E-state index in [1.807, 2.05) is 38.1 Å². The van der Waals surface area contributed by atoms with E-state index in [1.165, 1.54) is 5.56 Å². The van der Waals surface area contributed by atoms with Crippen molar-refractivity contribution in [2.45, 2.75) is 39.5 Å². The Balaban J connectivity index is 1.72. The van der Waals surface area contributed by atoms with Crippen molar-refractivity contribution in [3.8, 4) is 11.4 Å². The minimum absolute atomic E-state index is 0.0851. The van der Waals surface area contributed by atoms with Gasteiger partial charge in [-0.3, -0.25) is 9.59 Å². The lowest BCUT2D eigenvalue weighted by Gasteiger charge is -2.23. The highest BCUT2D eigenvalue weighted by molar-refractivity contribution is 6.08. The average Bonchev–Trinajstić information content (AvgIpc) is 3.09. The van der Waals surface area contributed by atoms with Crippen molar-refractivity contribution >= 4 is 17.5 Å². The highest BCUT2D eigenvalue weighted by atomic mass is 16.5. The number of ketones is 1. The van der Waals surface area contributed by atoms with E-state index in [4.69, 9.17) is 4.74 Å². The molecule has 0 radical (unpaired) electrons. The second kappa shape index (κ2) is 8.14. The lowest BCUT2D eigenvalue weighted by atomic mass is 9.85. The predicted octanol–water partition coefficient (Wildman–Crippen LogP) is 4.45. The molecule has 0 saturated carbocycles. The first kappa shape index (κ1) is 19.9. The minimum atomic E-state index is -0.560. The number of Topliss-reactive ketones (excluding diaryl/α,β-unsaturated/α-hetero) is 1. The number of nitrogens with one attached hydrogen (secondary N) is 1. The van der Waals surface area contributed by atoms with Crippen LogP contribution in [0.4, 0.5) is 5.82 Å². The number of benzene rings is 2. The fraction of sp³-hybridized carbons (Fsp3) is 0.292. The predicted molar refractivity (Wildman–Crippen MR) is 116 cm³/mol. The molecule has 6 heteroatoms. The Labute approximate surface area is 175 Å². The summed E-state index contributed by atoms with van der Waals surface area (Å²) in [6, 6.07) is 15.1. The molecule has 154 valence electrons. The Kier molecular flexibility index (Phi) is 5.40. The molecule has 2 aromatic carbocycles. The van der Waals surface area contributed by atoms with Crippen molar-refractivity contribution in [1.29, 1.82) is 0 Å². The Morgan fingerprint density at radius 1 is 1.13 bits per heavy atom. The van der Waals surface area contributed by atoms with Crippen LogP contribution in [0, 0.1) is 6.92 Å². The van der Waals surface area contributed by atoms with Crippen LogP contribution in [-0.2, 0) is 11.2 Å². The van der Waals surface area contributed by atoms with Crippen molar-refractivity contribution < 1.29 is 14.3 Å². The van der Waals surface area contributed by atoms with Crippen molar-refractivity contribution in [2.24, 2.45) is 0 Å². The molecular weight excluding hydrogens is 378 g/mol. The molecular formula is C24H25N3O3. The molecule has 0 fully saturated rings. The fourth-order valence-corrected chi connectivity index (χ4v) is 3.91. The molecule has 0 unspecified atom stereocenters. The van der Waals surface area contributed by atoms with E-state index >= 15 is 0 Å². The third-order valence-corrected chi connectivity index (χ3v) is 5.46. The fourth-order valence-electron chi connectivity index (χ4n) is 3.91. The van der Waals surface area contributed by atoms with E-state index in [0.717, 1.165) is 29.1 Å². The number of rotatable bonds is 6. The molecule has 4 rings (SSSR count). The Morgan fingerprint density at radius 2 is 1.83 bits per heavy atom. The van der Waals surface area contributed by atoms with Gasteiger partial charge in [0.25, 0.3) is 0 Å². The van der Waals surface area contributed by atoms with Crippen molar-refractivity contribution in [1.82, 2.24) is 9.78 Å². The van der Waals surface area contributed by atoms with E-state index in [1.54, 1.807) is 28.9 Å². The molecule has 1 aliphatic heterocycles. The maximum atomic E-state index is 13.3. The number of aromatic nitrogens is 2. The molecule has 3 aromatic rings. The summed E-state index contributed by atoms with van der Waals surface area (Å²) in [5, 5.41) is 7.57. The van der Waals surface area contributed by atoms with Crippen molar-refractivity contribution in [3.05, 3.63) is 70.9 Å². The molecule has 0 spiro atoms. The number of carbonyl (C=O) groups is 2. The van der Waals surface area contributed by atoms with Gasteiger partial charge in [0, 0.05) is 17.5 Å². The molecule has 2 heterocycles. The van der Waals surface area contributed by atoms with Crippen LogP contribution in [0.3, 0.4) is 0 Å². The lowest BCUT2D eigenvalue weighted by Crippen LogP contribution is -2.28. The smallest absolute Gasteiger partial charge is 0.226 e. The largest absolute Gasteiger partial charge is 0.494 e. The Hall–Kier alpha value is -3.41. The van der Waals surface area contributed by atoms with E-state index < -0.39 is 5.92 Å². The number of anilines is 1. The van der Waals surface area contributed by atoms with Gasteiger partial charge in [-0.1, -0.05) is 19.1 Å². The third-order valence-electron chi connectivity index (χ3n) is 5.46. The van der Waals surface area contributed by atoms with Gasteiger partial charge >= 0.3 is 0 Å². The number of fused-ring (bicyclic) bond motifs is 1. The summed E-state index contributed by atoms with van der Waals surface area (Å²) in [4.78, 5) is 25.8. The van der Waals surface area contributed by atoms with Gasteiger partial charge in [-0.15, -0.1) is 0 Å². The Bertz CT molecular complexity index is 1080. The van der Waals surface area contributed by atoms with Crippen LogP contribution in [0.1, 0.15) is 53.4 Å². The van der Waals surface area contributed by atoms with Crippen molar-refractivity contribution in [2.75, 3.05) is 11.9 Å². The van der Waals surface area contributed by atoms with Crippen LogP contribution in [0.2, 0.25) is 0 Å². The number of nitrogens with zero attached hydrogens (tertiary/aromatic N) is 2. The zero-order valence-corrected chi connectivity index (χ0v) is 17.4. The summed E-state index contributed by atoms with van der Waals surface area (Å²) in [6.45, 7) is 6.46. The number of amides is 1.